The Balaban J connectivity index is -0.000000163. The summed E-state index contributed by atoms with van der Waals surface area (Å²) in [4.78, 5) is 0. The number of rotatable bonds is 0. The summed E-state index contributed by atoms with van der Waals surface area (Å²) in [7, 11) is 0. The van der Waals surface area contributed by atoms with Gasteiger partial charge in [0.15, 0.2) is 0 Å². The normalized spacial score (nSPS) is 6.00. The Hall–Kier alpha value is -0.541. The van der Waals surface area contributed by atoms with Gasteiger partial charge in [0.2, 0.25) is 0 Å². The van der Waals surface area contributed by atoms with Crippen LogP contribution in [-0.4, -0.2) is 16.1 Å². The van der Waals surface area contributed by atoms with Gasteiger partial charge < -0.3 is 16.1 Å². The zero-order valence-electron chi connectivity index (χ0n) is 5.08. The number of para-hydroxylation sites is 1. The van der Waals surface area contributed by atoms with Crippen molar-refractivity contribution in [1.29, 1.82) is 0 Å². The predicted molar refractivity (Wildman–Crippen MR) is 32.0 cm³/mol. The van der Waals surface area contributed by atoms with E-state index in [0.29, 0.717) is 5.75 Å². The molecule has 1 rings (SSSR count). The third kappa shape index (κ3) is 5.59. The summed E-state index contributed by atoms with van der Waals surface area (Å²) in [6, 6.07) is 8.71. The van der Waals surface area contributed by atoms with E-state index in [1.807, 2.05) is 6.07 Å². The van der Waals surface area contributed by atoms with Gasteiger partial charge >= 0.3 is 17.1 Å². The fourth-order valence-corrected chi connectivity index (χ4v) is 0.428. The van der Waals surface area contributed by atoms with Crippen molar-refractivity contribution in [2.75, 3.05) is 0 Å². The third-order valence-electron chi connectivity index (χ3n) is 0.756. The Morgan fingerprint density at radius 2 is 1.30 bits per heavy atom. The Labute approximate surface area is 69.8 Å². The van der Waals surface area contributed by atoms with Crippen LogP contribution < -0.4 is 0 Å². The van der Waals surface area contributed by atoms with Gasteiger partial charge in [0.05, 0.1) is 0 Å². The van der Waals surface area contributed by atoms with Crippen LogP contribution in [0.1, 0.15) is 0 Å². The van der Waals surface area contributed by atoms with Crippen LogP contribution >= 0.6 is 0 Å². The molecule has 0 aliphatic heterocycles. The van der Waals surface area contributed by atoms with Gasteiger partial charge in [-0.15, -0.1) is 0 Å². The van der Waals surface area contributed by atoms with Gasteiger partial charge in [-0.2, -0.15) is 0 Å². The SMILES string of the molecule is Oc1ccccc1.[Fe+2].[OH-].[OH-]. The molecule has 0 aliphatic rings. The van der Waals surface area contributed by atoms with E-state index in [2.05, 4.69) is 0 Å². The zero-order valence-corrected chi connectivity index (χ0v) is 6.19. The van der Waals surface area contributed by atoms with Gasteiger partial charge in [-0.25, -0.2) is 0 Å². The van der Waals surface area contributed by atoms with Gasteiger partial charge in [0.25, 0.3) is 0 Å². The predicted octanol–water partition coefficient (Wildman–Crippen LogP) is 1.04. The maximum absolute atomic E-state index is 8.63. The molecule has 0 amide bonds. The Bertz CT molecular complexity index is 143. The molecule has 0 bridgehead atoms. The van der Waals surface area contributed by atoms with Crippen LogP contribution in [0.25, 0.3) is 0 Å². The first-order chi connectivity index (χ1) is 3.39. The molecule has 0 unspecified atom stereocenters. The van der Waals surface area contributed by atoms with Crippen molar-refractivity contribution in [3.63, 3.8) is 0 Å². The van der Waals surface area contributed by atoms with E-state index in [9.17, 15) is 0 Å². The number of hydrogen-bond donors (Lipinski definition) is 1. The molecule has 0 heterocycles. The molecule has 0 saturated carbocycles. The number of aromatic hydroxyl groups is 1. The van der Waals surface area contributed by atoms with Crippen molar-refractivity contribution in [2.45, 2.75) is 0 Å². The van der Waals surface area contributed by atoms with E-state index in [-0.39, 0.29) is 28.0 Å². The fourth-order valence-electron chi connectivity index (χ4n) is 0.428. The van der Waals surface area contributed by atoms with Crippen LogP contribution in [0.5, 0.6) is 5.75 Å². The summed E-state index contributed by atoms with van der Waals surface area (Å²) in [6.45, 7) is 0. The van der Waals surface area contributed by atoms with E-state index in [1.54, 1.807) is 24.3 Å². The van der Waals surface area contributed by atoms with Crippen LogP contribution in [0, 0.1) is 0 Å². The second-order valence-corrected chi connectivity index (χ2v) is 1.34. The molecule has 4 heteroatoms. The first-order valence-corrected chi connectivity index (χ1v) is 2.13. The molecule has 0 radical (unpaired) electrons. The number of hydrogen-bond acceptors (Lipinski definition) is 3. The smallest absolute Gasteiger partial charge is 0.870 e. The molecule has 0 atom stereocenters. The van der Waals surface area contributed by atoms with Gasteiger partial charge in [-0.3, -0.25) is 0 Å². The van der Waals surface area contributed by atoms with Crippen molar-refractivity contribution in [2.24, 2.45) is 0 Å². The molecule has 58 valence electrons. The van der Waals surface area contributed by atoms with E-state index in [4.69, 9.17) is 5.11 Å². The molecule has 0 aromatic heterocycles. The van der Waals surface area contributed by atoms with Crippen LogP contribution in [0.4, 0.5) is 0 Å². The molecule has 10 heavy (non-hydrogen) atoms. The van der Waals surface area contributed by atoms with Gasteiger partial charge in [0.1, 0.15) is 5.75 Å². The second kappa shape index (κ2) is 8.46. The molecule has 1 aromatic carbocycles. The summed E-state index contributed by atoms with van der Waals surface area (Å²) >= 11 is 0. The topological polar surface area (TPSA) is 80.2 Å². The minimum Gasteiger partial charge on any atom is -0.870 e. The van der Waals surface area contributed by atoms with Gasteiger partial charge in [-0.1, -0.05) is 18.2 Å². The average molecular weight is 184 g/mol. The van der Waals surface area contributed by atoms with Crippen LogP contribution in [0.2, 0.25) is 0 Å². The average Bonchev–Trinajstić information content (AvgIpc) is 1.69. The Morgan fingerprint density at radius 1 is 0.900 bits per heavy atom. The molecule has 0 spiro atoms. The summed E-state index contributed by atoms with van der Waals surface area (Å²) in [5, 5.41) is 8.63. The van der Waals surface area contributed by atoms with E-state index >= 15 is 0 Å². The number of phenols is 1. The summed E-state index contributed by atoms with van der Waals surface area (Å²) in [6.07, 6.45) is 0. The first-order valence-electron chi connectivity index (χ1n) is 2.13. The molecule has 3 N–H and O–H groups in total. The van der Waals surface area contributed by atoms with Gasteiger partial charge in [-0.05, 0) is 12.1 Å². The van der Waals surface area contributed by atoms with Crippen molar-refractivity contribution >= 4 is 0 Å². The Kier molecular flexibility index (Phi) is 13.7. The molecule has 0 fully saturated rings. The molecular formula is C6H8FeO3. The van der Waals surface area contributed by atoms with Crippen LogP contribution in [0.3, 0.4) is 0 Å². The standard InChI is InChI=1S/C6H6O.Fe.2H2O/c7-6-4-2-1-3-5-6;;;/h1-5,7H;;2*1H2/q;+2;;/p-2. The molecule has 0 aliphatic carbocycles. The van der Waals surface area contributed by atoms with Gasteiger partial charge in [0, 0.05) is 0 Å². The summed E-state index contributed by atoms with van der Waals surface area (Å²) in [5.74, 6) is 0.322. The van der Waals surface area contributed by atoms with Crippen LogP contribution in [-0.2, 0) is 17.1 Å². The summed E-state index contributed by atoms with van der Waals surface area (Å²) < 4.78 is 0. The van der Waals surface area contributed by atoms with Crippen molar-refractivity contribution < 1.29 is 33.1 Å². The van der Waals surface area contributed by atoms with Crippen molar-refractivity contribution in [3.05, 3.63) is 30.3 Å². The van der Waals surface area contributed by atoms with Crippen molar-refractivity contribution in [3.8, 4) is 5.75 Å². The quantitative estimate of drug-likeness (QED) is 0.611. The third-order valence-corrected chi connectivity index (χ3v) is 0.756. The second-order valence-electron chi connectivity index (χ2n) is 1.34. The van der Waals surface area contributed by atoms with Crippen molar-refractivity contribution in [1.82, 2.24) is 0 Å². The minimum atomic E-state index is 0. The number of benzene rings is 1. The summed E-state index contributed by atoms with van der Waals surface area (Å²) in [5.41, 5.74) is 0. The monoisotopic (exact) mass is 184 g/mol. The van der Waals surface area contributed by atoms with Crippen LogP contribution in [0.15, 0.2) is 30.3 Å². The zero-order chi connectivity index (χ0) is 5.11. The van der Waals surface area contributed by atoms with E-state index < -0.39 is 0 Å². The molecule has 1 aromatic rings. The largest absolute Gasteiger partial charge is 2.00 e. The van der Waals surface area contributed by atoms with E-state index in [1.165, 1.54) is 0 Å². The maximum atomic E-state index is 8.63. The van der Waals surface area contributed by atoms with E-state index in [0.717, 1.165) is 0 Å². The maximum Gasteiger partial charge on any atom is 2.00 e. The molecular weight excluding hydrogens is 176 g/mol. The minimum absolute atomic E-state index is 0. The Morgan fingerprint density at radius 3 is 1.50 bits per heavy atom. The first kappa shape index (κ1) is 16.2. The number of phenolic OH excluding ortho intramolecular Hbond substituents is 1. The molecule has 3 nitrogen and oxygen atoms in total. The fraction of sp³-hybridized carbons (Fsp3) is 0. The molecule has 0 saturated heterocycles.